The molecular formula is C23H19F3N6O2. The number of hydrogen-bond donors (Lipinski definition) is 0. The Labute approximate surface area is 190 Å². The average molecular weight is 468 g/mol. The maximum absolute atomic E-state index is 13.3. The molecule has 0 aliphatic rings. The van der Waals surface area contributed by atoms with Gasteiger partial charge in [-0.25, -0.2) is 9.78 Å². The zero-order chi connectivity index (χ0) is 24.2. The van der Waals surface area contributed by atoms with Crippen molar-refractivity contribution in [3.63, 3.8) is 0 Å². The Kier molecular flexibility index (Phi) is 4.92. The van der Waals surface area contributed by atoms with Crippen LogP contribution in [0.25, 0.3) is 33.3 Å². The first kappa shape index (κ1) is 21.7. The van der Waals surface area contributed by atoms with Crippen molar-refractivity contribution < 1.29 is 13.2 Å². The third kappa shape index (κ3) is 3.49. The molecule has 0 spiro atoms. The van der Waals surface area contributed by atoms with Crippen molar-refractivity contribution in [1.82, 2.24) is 28.5 Å². The van der Waals surface area contributed by atoms with Crippen LogP contribution < -0.4 is 11.2 Å². The normalized spacial score (nSPS) is 12.1. The van der Waals surface area contributed by atoms with E-state index in [1.807, 2.05) is 42.5 Å². The van der Waals surface area contributed by atoms with Gasteiger partial charge < -0.3 is 4.57 Å². The monoisotopic (exact) mass is 468 g/mol. The maximum Gasteiger partial charge on any atom is 0.406 e. The fourth-order valence-corrected chi connectivity index (χ4v) is 4.21. The van der Waals surface area contributed by atoms with Gasteiger partial charge in [-0.3, -0.25) is 18.6 Å². The molecule has 0 radical (unpaired) electrons. The quantitative estimate of drug-likeness (QED) is 0.406. The van der Waals surface area contributed by atoms with Gasteiger partial charge in [0.25, 0.3) is 5.56 Å². The lowest BCUT2D eigenvalue weighted by Gasteiger charge is -2.11. The minimum Gasteiger partial charge on any atom is -0.333 e. The molecule has 0 fully saturated rings. The van der Waals surface area contributed by atoms with Crippen molar-refractivity contribution in [3.8, 4) is 11.5 Å². The van der Waals surface area contributed by atoms with Crippen molar-refractivity contribution in [2.75, 3.05) is 0 Å². The highest BCUT2D eigenvalue weighted by Crippen LogP contribution is 2.28. The smallest absolute Gasteiger partial charge is 0.333 e. The standard InChI is InChI=1S/C23H19F3N6O2/c1-29-11-10-27-20(29)18-17-19(31(13-23(24,25)26)22(34)30(2)21(17)33)28-32(18)12-15-8-5-7-14-6-3-4-9-16(14)15/h3-11H,12-13H2,1-2H3. The van der Waals surface area contributed by atoms with Crippen LogP contribution >= 0.6 is 0 Å². The van der Waals surface area contributed by atoms with Gasteiger partial charge >= 0.3 is 11.9 Å². The highest BCUT2D eigenvalue weighted by atomic mass is 19.4. The van der Waals surface area contributed by atoms with E-state index < -0.39 is 24.0 Å². The summed E-state index contributed by atoms with van der Waals surface area (Å²) in [4.78, 5) is 30.1. The third-order valence-electron chi connectivity index (χ3n) is 5.80. The molecule has 3 heterocycles. The number of benzene rings is 2. The predicted molar refractivity (Wildman–Crippen MR) is 121 cm³/mol. The van der Waals surface area contributed by atoms with Crippen molar-refractivity contribution in [2.24, 2.45) is 14.1 Å². The molecule has 0 saturated carbocycles. The van der Waals surface area contributed by atoms with Crippen LogP contribution in [0.2, 0.25) is 0 Å². The SMILES string of the molecule is Cn1ccnc1-c1c2c(=O)n(C)c(=O)n(CC(F)(F)F)c2nn1Cc1cccc2ccccc12. The Morgan fingerprint density at radius 3 is 2.44 bits per heavy atom. The molecule has 8 nitrogen and oxygen atoms in total. The molecule has 5 rings (SSSR count). The van der Waals surface area contributed by atoms with Gasteiger partial charge in [0.05, 0.1) is 6.54 Å². The molecule has 0 aliphatic carbocycles. The summed E-state index contributed by atoms with van der Waals surface area (Å²) in [6.07, 6.45) is -1.50. The van der Waals surface area contributed by atoms with Gasteiger partial charge in [-0.2, -0.15) is 18.3 Å². The van der Waals surface area contributed by atoms with E-state index in [0.29, 0.717) is 15.0 Å². The maximum atomic E-state index is 13.3. The molecular weight excluding hydrogens is 449 g/mol. The zero-order valence-electron chi connectivity index (χ0n) is 18.2. The van der Waals surface area contributed by atoms with Crippen LogP contribution in [0.4, 0.5) is 13.2 Å². The van der Waals surface area contributed by atoms with Gasteiger partial charge in [0, 0.05) is 26.5 Å². The van der Waals surface area contributed by atoms with E-state index in [4.69, 9.17) is 0 Å². The summed E-state index contributed by atoms with van der Waals surface area (Å²) in [5.74, 6) is 0.344. The molecule has 0 saturated heterocycles. The minimum absolute atomic E-state index is 0.0964. The number of imidazole rings is 1. The van der Waals surface area contributed by atoms with Gasteiger partial charge in [0.2, 0.25) is 0 Å². The Hall–Kier alpha value is -4.15. The summed E-state index contributed by atoms with van der Waals surface area (Å²) < 4.78 is 44.3. The van der Waals surface area contributed by atoms with Crippen LogP contribution in [0.5, 0.6) is 0 Å². The minimum atomic E-state index is -4.68. The lowest BCUT2D eigenvalue weighted by Crippen LogP contribution is -2.40. The van der Waals surface area contributed by atoms with Crippen LogP contribution in [0, 0.1) is 0 Å². The molecule has 0 aliphatic heterocycles. The number of aryl methyl sites for hydroxylation is 1. The van der Waals surface area contributed by atoms with E-state index in [0.717, 1.165) is 23.4 Å². The second-order valence-corrected chi connectivity index (χ2v) is 8.05. The van der Waals surface area contributed by atoms with Gasteiger partial charge in [0.15, 0.2) is 11.5 Å². The fraction of sp³-hybridized carbons (Fsp3) is 0.217. The number of fused-ring (bicyclic) bond motifs is 2. The Bertz CT molecular complexity index is 1670. The lowest BCUT2D eigenvalue weighted by molar-refractivity contribution is -0.140. The number of rotatable bonds is 4. The highest BCUT2D eigenvalue weighted by Gasteiger charge is 2.32. The summed E-state index contributed by atoms with van der Waals surface area (Å²) in [6.45, 7) is -1.41. The van der Waals surface area contributed by atoms with Crippen molar-refractivity contribution in [1.29, 1.82) is 0 Å². The van der Waals surface area contributed by atoms with Crippen LogP contribution in [-0.4, -0.2) is 34.6 Å². The lowest BCUT2D eigenvalue weighted by atomic mass is 10.0. The average Bonchev–Trinajstić information content (AvgIpc) is 3.38. The Morgan fingerprint density at radius 1 is 1.00 bits per heavy atom. The van der Waals surface area contributed by atoms with Gasteiger partial charge in [-0.1, -0.05) is 42.5 Å². The highest BCUT2D eigenvalue weighted by molar-refractivity contribution is 5.90. The van der Waals surface area contributed by atoms with E-state index in [-0.39, 0.29) is 23.3 Å². The van der Waals surface area contributed by atoms with Gasteiger partial charge in [0.1, 0.15) is 17.6 Å². The van der Waals surface area contributed by atoms with Crippen molar-refractivity contribution in [2.45, 2.75) is 19.3 Å². The van der Waals surface area contributed by atoms with Gasteiger partial charge in [-0.05, 0) is 16.3 Å². The van der Waals surface area contributed by atoms with Crippen LogP contribution in [0.3, 0.4) is 0 Å². The van der Waals surface area contributed by atoms with Crippen LogP contribution in [0.1, 0.15) is 5.56 Å². The summed E-state index contributed by atoms with van der Waals surface area (Å²) >= 11 is 0. The predicted octanol–water partition coefficient (Wildman–Crippen LogP) is 3.06. The zero-order valence-corrected chi connectivity index (χ0v) is 18.2. The number of hydrogen-bond acceptors (Lipinski definition) is 4. The van der Waals surface area contributed by atoms with E-state index in [1.165, 1.54) is 10.9 Å². The first-order valence-corrected chi connectivity index (χ1v) is 10.4. The largest absolute Gasteiger partial charge is 0.406 e. The van der Waals surface area contributed by atoms with E-state index in [2.05, 4.69) is 10.1 Å². The molecule has 0 N–H and O–H groups in total. The molecule has 34 heavy (non-hydrogen) atoms. The molecule has 0 bridgehead atoms. The summed E-state index contributed by atoms with van der Waals surface area (Å²) in [7, 11) is 2.86. The Morgan fingerprint density at radius 2 is 1.74 bits per heavy atom. The molecule has 5 aromatic rings. The first-order chi connectivity index (χ1) is 16.2. The second-order valence-electron chi connectivity index (χ2n) is 8.05. The molecule has 11 heteroatoms. The van der Waals surface area contributed by atoms with E-state index in [9.17, 15) is 22.8 Å². The molecule has 0 atom stereocenters. The van der Waals surface area contributed by atoms with Crippen LogP contribution in [0.15, 0.2) is 64.4 Å². The summed E-state index contributed by atoms with van der Waals surface area (Å²) in [5.41, 5.74) is -1.06. The van der Waals surface area contributed by atoms with E-state index >= 15 is 0 Å². The molecule has 0 unspecified atom stereocenters. The number of aromatic nitrogens is 6. The number of nitrogens with zero attached hydrogens (tertiary/aromatic N) is 6. The first-order valence-electron chi connectivity index (χ1n) is 10.4. The second kappa shape index (κ2) is 7.72. The van der Waals surface area contributed by atoms with Crippen molar-refractivity contribution in [3.05, 3.63) is 81.3 Å². The molecule has 0 amide bonds. The Balaban J connectivity index is 1.85. The summed E-state index contributed by atoms with van der Waals surface area (Å²) in [6, 6.07) is 13.4. The molecule has 174 valence electrons. The van der Waals surface area contributed by atoms with Crippen molar-refractivity contribution >= 4 is 21.8 Å². The fourth-order valence-electron chi connectivity index (χ4n) is 4.21. The van der Waals surface area contributed by atoms with E-state index in [1.54, 1.807) is 17.8 Å². The third-order valence-corrected chi connectivity index (χ3v) is 5.80. The number of alkyl halides is 3. The molecule has 2 aromatic carbocycles. The van der Waals surface area contributed by atoms with Crippen LogP contribution in [-0.2, 0) is 27.2 Å². The van der Waals surface area contributed by atoms with Gasteiger partial charge in [-0.15, -0.1) is 0 Å². The molecule has 3 aromatic heterocycles. The summed E-state index contributed by atoms with van der Waals surface area (Å²) in [5, 5.41) is 6.20. The topological polar surface area (TPSA) is 79.6 Å². The number of halogens is 3.